The third-order valence-corrected chi connectivity index (χ3v) is 4.75. The van der Waals surface area contributed by atoms with E-state index in [1.807, 2.05) is 30.3 Å². The molecule has 114 valence electrons. The van der Waals surface area contributed by atoms with Gasteiger partial charge in [0.2, 0.25) is 10.0 Å². The van der Waals surface area contributed by atoms with Gasteiger partial charge in [-0.3, -0.25) is 4.79 Å². The first-order valence-corrected chi connectivity index (χ1v) is 8.49. The number of aliphatic carboxylic acids is 1. The normalized spacial score (nSPS) is 23.2. The van der Waals surface area contributed by atoms with E-state index in [9.17, 15) is 13.2 Å². The van der Waals surface area contributed by atoms with Gasteiger partial charge in [-0.2, -0.15) is 0 Å². The quantitative estimate of drug-likeness (QED) is 0.873. The summed E-state index contributed by atoms with van der Waals surface area (Å²) < 4.78 is 26.6. The van der Waals surface area contributed by atoms with Gasteiger partial charge in [-0.15, -0.1) is 0 Å². The monoisotopic (exact) mass is 309 g/mol. The molecule has 1 aromatic rings. The van der Waals surface area contributed by atoms with E-state index in [2.05, 4.69) is 4.72 Å². The molecule has 2 atom stereocenters. The number of hydrogen-bond acceptors (Lipinski definition) is 3. The maximum Gasteiger partial charge on any atom is 0.306 e. The number of rotatable bonds is 5. The number of nitrogens with one attached hydrogen (secondary N) is 1. The molecular weight excluding hydrogens is 290 g/mol. The van der Waals surface area contributed by atoms with Crippen LogP contribution in [0.3, 0.4) is 0 Å². The van der Waals surface area contributed by atoms with Gasteiger partial charge in [0.05, 0.1) is 5.92 Å². The maximum absolute atomic E-state index is 12.0. The Labute approximate surface area is 124 Å². The van der Waals surface area contributed by atoms with Crippen molar-refractivity contribution in [3.8, 4) is 0 Å². The Hall–Kier alpha value is -1.66. The highest BCUT2D eigenvalue weighted by molar-refractivity contribution is 7.92. The number of carbonyl (C=O) groups is 1. The minimum absolute atomic E-state index is 0.301. The molecule has 0 heterocycles. The molecule has 2 N–H and O–H groups in total. The van der Waals surface area contributed by atoms with Crippen molar-refractivity contribution in [2.75, 3.05) is 0 Å². The van der Waals surface area contributed by atoms with E-state index >= 15 is 0 Å². The predicted molar refractivity (Wildman–Crippen MR) is 80.9 cm³/mol. The highest BCUT2D eigenvalue weighted by Gasteiger charge is 2.28. The van der Waals surface area contributed by atoms with Crippen LogP contribution < -0.4 is 4.72 Å². The van der Waals surface area contributed by atoms with E-state index in [0.29, 0.717) is 19.3 Å². The van der Waals surface area contributed by atoms with Crippen LogP contribution in [0, 0.1) is 5.92 Å². The molecule has 1 aliphatic rings. The molecule has 21 heavy (non-hydrogen) atoms. The van der Waals surface area contributed by atoms with Crippen LogP contribution in [0.4, 0.5) is 0 Å². The molecule has 0 aliphatic heterocycles. The Morgan fingerprint density at radius 3 is 2.62 bits per heavy atom. The van der Waals surface area contributed by atoms with Crippen LogP contribution >= 0.6 is 0 Å². The zero-order valence-electron chi connectivity index (χ0n) is 11.6. The Balaban J connectivity index is 1.97. The van der Waals surface area contributed by atoms with Crippen molar-refractivity contribution in [3.05, 3.63) is 41.3 Å². The van der Waals surface area contributed by atoms with Crippen molar-refractivity contribution in [3.63, 3.8) is 0 Å². The minimum atomic E-state index is -3.55. The topological polar surface area (TPSA) is 83.5 Å². The Bertz CT molecular complexity index is 610. The summed E-state index contributed by atoms with van der Waals surface area (Å²) in [4.78, 5) is 11.0. The van der Waals surface area contributed by atoms with Crippen LogP contribution in [0.25, 0.3) is 6.08 Å². The molecule has 0 saturated heterocycles. The smallest absolute Gasteiger partial charge is 0.306 e. The molecular formula is C15H19NO4S. The average Bonchev–Trinajstić information content (AvgIpc) is 2.46. The highest BCUT2D eigenvalue weighted by Crippen LogP contribution is 2.25. The van der Waals surface area contributed by atoms with Crippen LogP contribution in [-0.4, -0.2) is 25.5 Å². The Morgan fingerprint density at radius 1 is 1.24 bits per heavy atom. The lowest BCUT2D eigenvalue weighted by atomic mass is 9.86. The first-order chi connectivity index (χ1) is 9.96. The molecule has 0 spiro atoms. The molecule has 5 nitrogen and oxygen atoms in total. The number of carboxylic acid groups (broad SMARTS) is 1. The Morgan fingerprint density at radius 2 is 1.95 bits per heavy atom. The summed E-state index contributed by atoms with van der Waals surface area (Å²) in [5, 5.41) is 10.1. The van der Waals surface area contributed by atoms with Crippen molar-refractivity contribution in [1.82, 2.24) is 4.72 Å². The van der Waals surface area contributed by atoms with Crippen molar-refractivity contribution >= 4 is 22.1 Å². The molecule has 0 aromatic heterocycles. The van der Waals surface area contributed by atoms with E-state index < -0.39 is 21.9 Å². The van der Waals surface area contributed by atoms with E-state index in [1.165, 1.54) is 6.08 Å². The molecule has 1 fully saturated rings. The number of sulfonamides is 1. The van der Waals surface area contributed by atoms with Crippen molar-refractivity contribution < 1.29 is 18.3 Å². The second-order valence-corrected chi connectivity index (χ2v) is 6.87. The van der Waals surface area contributed by atoms with Crippen LogP contribution in [-0.2, 0) is 14.8 Å². The summed E-state index contributed by atoms with van der Waals surface area (Å²) in [6.07, 6.45) is 3.91. The molecule has 0 amide bonds. The standard InChI is InChI=1S/C15H19NO4S/c17-15(18)13-7-4-8-14(11-13)16-21(19,20)10-9-12-5-2-1-3-6-12/h1-3,5-6,9-10,13-14,16H,4,7-8,11H2,(H,17,18). The van der Waals surface area contributed by atoms with E-state index in [1.54, 1.807) is 0 Å². The zero-order valence-corrected chi connectivity index (χ0v) is 12.4. The van der Waals surface area contributed by atoms with Crippen molar-refractivity contribution in [1.29, 1.82) is 0 Å². The predicted octanol–water partition coefficient (Wildman–Crippen LogP) is 2.22. The third kappa shape index (κ3) is 4.99. The summed E-state index contributed by atoms with van der Waals surface area (Å²) in [5.41, 5.74) is 0.801. The van der Waals surface area contributed by atoms with Gasteiger partial charge in [-0.05, 0) is 30.9 Å². The largest absolute Gasteiger partial charge is 0.481 e. The van der Waals surface area contributed by atoms with Crippen molar-refractivity contribution in [2.45, 2.75) is 31.7 Å². The Kier molecular flexibility index (Phi) is 5.14. The lowest BCUT2D eigenvalue weighted by Gasteiger charge is -2.26. The number of carboxylic acids is 1. The third-order valence-electron chi connectivity index (χ3n) is 3.59. The molecule has 6 heteroatoms. The highest BCUT2D eigenvalue weighted by atomic mass is 32.2. The van der Waals surface area contributed by atoms with E-state index in [0.717, 1.165) is 17.4 Å². The minimum Gasteiger partial charge on any atom is -0.481 e. The van der Waals surface area contributed by atoms with Crippen LogP contribution in [0.2, 0.25) is 0 Å². The molecule has 1 saturated carbocycles. The SMILES string of the molecule is O=C(O)C1CCCC(NS(=O)(=O)C=Cc2ccccc2)C1. The fourth-order valence-electron chi connectivity index (χ4n) is 2.53. The van der Waals surface area contributed by atoms with Gasteiger partial charge in [0.15, 0.2) is 0 Å². The molecule has 2 rings (SSSR count). The first-order valence-electron chi connectivity index (χ1n) is 6.94. The average molecular weight is 309 g/mol. The molecule has 2 unspecified atom stereocenters. The van der Waals surface area contributed by atoms with Crippen LogP contribution in [0.15, 0.2) is 35.7 Å². The molecule has 1 aliphatic carbocycles. The van der Waals surface area contributed by atoms with Crippen LogP contribution in [0.1, 0.15) is 31.2 Å². The van der Waals surface area contributed by atoms with Gasteiger partial charge >= 0.3 is 5.97 Å². The lowest BCUT2D eigenvalue weighted by molar-refractivity contribution is -0.143. The summed E-state index contributed by atoms with van der Waals surface area (Å²) in [5.74, 6) is -1.30. The van der Waals surface area contributed by atoms with Gasteiger partial charge < -0.3 is 5.11 Å². The zero-order chi connectivity index (χ0) is 15.3. The van der Waals surface area contributed by atoms with Gasteiger partial charge in [0.1, 0.15) is 0 Å². The summed E-state index contributed by atoms with van der Waals surface area (Å²) >= 11 is 0. The molecule has 0 bridgehead atoms. The fraction of sp³-hybridized carbons (Fsp3) is 0.400. The molecule has 1 aromatic carbocycles. The molecule has 0 radical (unpaired) electrons. The van der Waals surface area contributed by atoms with Gasteiger partial charge in [-0.1, -0.05) is 36.8 Å². The van der Waals surface area contributed by atoms with Gasteiger partial charge in [0.25, 0.3) is 0 Å². The number of benzene rings is 1. The maximum atomic E-state index is 12.0. The van der Waals surface area contributed by atoms with Crippen LogP contribution in [0.5, 0.6) is 0 Å². The summed E-state index contributed by atoms with van der Waals surface area (Å²) in [6.45, 7) is 0. The number of hydrogen-bond donors (Lipinski definition) is 2. The second-order valence-electron chi connectivity index (χ2n) is 5.27. The summed E-state index contributed by atoms with van der Waals surface area (Å²) in [7, 11) is -3.55. The first kappa shape index (κ1) is 15.7. The van der Waals surface area contributed by atoms with Crippen molar-refractivity contribution in [2.24, 2.45) is 5.92 Å². The lowest BCUT2D eigenvalue weighted by Crippen LogP contribution is -2.39. The van der Waals surface area contributed by atoms with E-state index in [4.69, 9.17) is 5.11 Å². The van der Waals surface area contributed by atoms with Gasteiger partial charge in [0, 0.05) is 11.4 Å². The fourth-order valence-corrected chi connectivity index (χ4v) is 3.62. The second kappa shape index (κ2) is 6.87. The van der Waals surface area contributed by atoms with Gasteiger partial charge in [-0.25, -0.2) is 13.1 Å². The van der Waals surface area contributed by atoms with E-state index in [-0.39, 0.29) is 6.04 Å². The summed E-state index contributed by atoms with van der Waals surface area (Å²) in [6, 6.07) is 8.85.